The molecular weight excluding hydrogens is 216 g/mol. The lowest BCUT2D eigenvalue weighted by Crippen LogP contribution is -2.21. The first kappa shape index (κ1) is 11.9. The van der Waals surface area contributed by atoms with Gasteiger partial charge >= 0.3 is 5.97 Å². The molecule has 0 aromatic heterocycles. The fraction of sp³-hybridized carbons (Fsp3) is 0.357. The van der Waals surface area contributed by atoms with Gasteiger partial charge < -0.3 is 9.84 Å². The van der Waals surface area contributed by atoms with E-state index in [0.717, 1.165) is 17.2 Å². The molecule has 90 valence electrons. The van der Waals surface area contributed by atoms with Gasteiger partial charge in [0.2, 0.25) is 0 Å². The molecule has 0 amide bonds. The van der Waals surface area contributed by atoms with Gasteiger partial charge in [0, 0.05) is 6.08 Å². The summed E-state index contributed by atoms with van der Waals surface area (Å²) >= 11 is 0. The van der Waals surface area contributed by atoms with Crippen LogP contribution in [0.2, 0.25) is 0 Å². The van der Waals surface area contributed by atoms with E-state index in [2.05, 4.69) is 0 Å². The first-order valence-electron chi connectivity index (χ1n) is 5.85. The summed E-state index contributed by atoms with van der Waals surface area (Å²) < 4.78 is 5.70. The molecule has 1 aromatic carbocycles. The Bertz CT molecular complexity index is 419. The quantitative estimate of drug-likeness (QED) is 0.794. The van der Waals surface area contributed by atoms with Gasteiger partial charge in [-0.1, -0.05) is 18.2 Å². The van der Waals surface area contributed by atoms with Gasteiger partial charge in [-0.2, -0.15) is 0 Å². The third-order valence-electron chi connectivity index (χ3n) is 2.91. The highest BCUT2D eigenvalue weighted by atomic mass is 16.5. The van der Waals surface area contributed by atoms with Crippen LogP contribution in [0, 0.1) is 0 Å². The van der Waals surface area contributed by atoms with Crippen LogP contribution in [0.4, 0.5) is 0 Å². The summed E-state index contributed by atoms with van der Waals surface area (Å²) in [5.41, 5.74) is 1.98. The van der Waals surface area contributed by atoms with Crippen molar-refractivity contribution in [2.45, 2.75) is 32.0 Å². The van der Waals surface area contributed by atoms with E-state index in [9.17, 15) is 4.79 Å². The van der Waals surface area contributed by atoms with Crippen molar-refractivity contribution < 1.29 is 14.6 Å². The number of carboxylic acids is 1. The monoisotopic (exact) mass is 232 g/mol. The normalized spacial score (nSPS) is 16.0. The number of hydrogen-bond donors (Lipinski definition) is 1. The van der Waals surface area contributed by atoms with Crippen molar-refractivity contribution in [2.75, 3.05) is 0 Å². The van der Waals surface area contributed by atoms with Crippen LogP contribution in [-0.2, 0) is 16.1 Å². The van der Waals surface area contributed by atoms with Crippen molar-refractivity contribution in [3.05, 3.63) is 41.5 Å². The maximum absolute atomic E-state index is 10.4. The highest BCUT2D eigenvalue weighted by Crippen LogP contribution is 2.23. The van der Waals surface area contributed by atoms with Crippen LogP contribution in [-0.4, -0.2) is 17.2 Å². The molecule has 1 aliphatic carbocycles. The molecule has 3 nitrogen and oxygen atoms in total. The van der Waals surface area contributed by atoms with Crippen molar-refractivity contribution in [1.82, 2.24) is 0 Å². The van der Waals surface area contributed by atoms with Crippen molar-refractivity contribution in [3.63, 3.8) is 0 Å². The van der Waals surface area contributed by atoms with Gasteiger partial charge in [-0.3, -0.25) is 0 Å². The molecule has 1 N–H and O–H groups in total. The Morgan fingerprint density at radius 2 is 2.29 bits per heavy atom. The van der Waals surface area contributed by atoms with Gasteiger partial charge in [0.25, 0.3) is 0 Å². The van der Waals surface area contributed by atoms with Gasteiger partial charge in [-0.05, 0) is 42.5 Å². The lowest BCUT2D eigenvalue weighted by Gasteiger charge is -2.25. The highest BCUT2D eigenvalue weighted by molar-refractivity contribution is 5.85. The molecule has 1 saturated carbocycles. The largest absolute Gasteiger partial charge is 0.478 e. The summed E-state index contributed by atoms with van der Waals surface area (Å²) in [5, 5.41) is 8.55. The van der Waals surface area contributed by atoms with Crippen LogP contribution in [0.25, 0.3) is 6.08 Å². The second-order valence-electron chi connectivity index (χ2n) is 4.28. The molecule has 1 aliphatic rings. The van der Waals surface area contributed by atoms with Crippen LogP contribution >= 0.6 is 0 Å². The Morgan fingerprint density at radius 1 is 1.47 bits per heavy atom. The number of aliphatic carboxylic acids is 1. The van der Waals surface area contributed by atoms with Crippen LogP contribution in [0.5, 0.6) is 0 Å². The molecule has 0 spiro atoms. The maximum atomic E-state index is 10.4. The summed E-state index contributed by atoms with van der Waals surface area (Å²) in [4.78, 5) is 10.4. The lowest BCUT2D eigenvalue weighted by atomic mass is 9.96. The predicted octanol–water partition coefficient (Wildman–Crippen LogP) is 2.85. The Balaban J connectivity index is 1.93. The van der Waals surface area contributed by atoms with E-state index in [1.807, 2.05) is 24.3 Å². The molecule has 0 heterocycles. The minimum absolute atomic E-state index is 0.424. The van der Waals surface area contributed by atoms with Crippen LogP contribution in [0.15, 0.2) is 30.3 Å². The summed E-state index contributed by atoms with van der Waals surface area (Å²) in [5.74, 6) is -0.930. The minimum atomic E-state index is -0.930. The third kappa shape index (κ3) is 3.71. The molecule has 0 saturated heterocycles. The second kappa shape index (κ2) is 5.64. The Hall–Kier alpha value is -1.61. The fourth-order valence-electron chi connectivity index (χ4n) is 1.71. The topological polar surface area (TPSA) is 46.5 Å². The van der Waals surface area contributed by atoms with E-state index in [4.69, 9.17) is 9.84 Å². The van der Waals surface area contributed by atoms with Gasteiger partial charge in [0.05, 0.1) is 12.7 Å². The summed E-state index contributed by atoms with van der Waals surface area (Å²) in [6.07, 6.45) is 6.76. The molecule has 0 aliphatic heterocycles. The van der Waals surface area contributed by atoms with E-state index >= 15 is 0 Å². The zero-order valence-electron chi connectivity index (χ0n) is 9.63. The SMILES string of the molecule is O=C(O)C=Cc1cccc(COC2CCC2)c1. The van der Waals surface area contributed by atoms with E-state index in [1.165, 1.54) is 19.3 Å². The molecule has 17 heavy (non-hydrogen) atoms. The van der Waals surface area contributed by atoms with E-state index < -0.39 is 5.97 Å². The van der Waals surface area contributed by atoms with Gasteiger partial charge in [-0.15, -0.1) is 0 Å². The van der Waals surface area contributed by atoms with Crippen molar-refractivity contribution >= 4 is 12.0 Å². The smallest absolute Gasteiger partial charge is 0.328 e. The predicted molar refractivity (Wildman–Crippen MR) is 65.5 cm³/mol. The molecule has 1 aromatic rings. The van der Waals surface area contributed by atoms with Crippen LogP contribution < -0.4 is 0 Å². The Labute approximate surface area is 101 Å². The molecule has 0 radical (unpaired) electrons. The van der Waals surface area contributed by atoms with Gasteiger partial charge in [0.15, 0.2) is 0 Å². The third-order valence-corrected chi connectivity index (χ3v) is 2.91. The number of benzene rings is 1. The zero-order chi connectivity index (χ0) is 12.1. The molecule has 3 heteroatoms. The van der Waals surface area contributed by atoms with E-state index in [1.54, 1.807) is 6.08 Å². The lowest BCUT2D eigenvalue weighted by molar-refractivity contribution is -0.131. The molecule has 0 unspecified atom stereocenters. The summed E-state index contributed by atoms with van der Waals surface area (Å²) in [6.45, 7) is 0.611. The Morgan fingerprint density at radius 3 is 2.94 bits per heavy atom. The number of ether oxygens (including phenoxy) is 1. The average molecular weight is 232 g/mol. The zero-order valence-corrected chi connectivity index (χ0v) is 9.63. The summed E-state index contributed by atoms with van der Waals surface area (Å²) in [7, 11) is 0. The maximum Gasteiger partial charge on any atom is 0.328 e. The van der Waals surface area contributed by atoms with Crippen molar-refractivity contribution in [2.24, 2.45) is 0 Å². The molecule has 0 atom stereocenters. The summed E-state index contributed by atoms with van der Waals surface area (Å²) in [6, 6.07) is 7.75. The first-order chi connectivity index (χ1) is 8.24. The molecule has 0 bridgehead atoms. The second-order valence-corrected chi connectivity index (χ2v) is 4.28. The Kier molecular flexibility index (Phi) is 3.94. The first-order valence-corrected chi connectivity index (χ1v) is 5.85. The number of hydrogen-bond acceptors (Lipinski definition) is 2. The fourth-order valence-corrected chi connectivity index (χ4v) is 1.71. The molecule has 1 fully saturated rings. The molecule has 2 rings (SSSR count). The van der Waals surface area contributed by atoms with Crippen LogP contribution in [0.1, 0.15) is 30.4 Å². The highest BCUT2D eigenvalue weighted by Gasteiger charge is 2.17. The van der Waals surface area contributed by atoms with Gasteiger partial charge in [-0.25, -0.2) is 4.79 Å². The molecular formula is C14H16O3. The van der Waals surface area contributed by atoms with E-state index in [0.29, 0.717) is 12.7 Å². The number of rotatable bonds is 5. The average Bonchev–Trinajstić information content (AvgIpc) is 2.25. The van der Waals surface area contributed by atoms with Crippen molar-refractivity contribution in [3.8, 4) is 0 Å². The number of carbonyl (C=O) groups is 1. The van der Waals surface area contributed by atoms with Gasteiger partial charge in [0.1, 0.15) is 0 Å². The minimum Gasteiger partial charge on any atom is -0.478 e. The van der Waals surface area contributed by atoms with Crippen LogP contribution in [0.3, 0.4) is 0 Å². The standard InChI is InChI=1S/C14H16O3/c15-14(16)8-7-11-3-1-4-12(9-11)10-17-13-5-2-6-13/h1,3-4,7-9,13H,2,5-6,10H2,(H,15,16). The van der Waals surface area contributed by atoms with E-state index in [-0.39, 0.29) is 0 Å². The number of carboxylic acid groups (broad SMARTS) is 1. The van der Waals surface area contributed by atoms with Crippen molar-refractivity contribution in [1.29, 1.82) is 0 Å².